The maximum atomic E-state index is 14.3. The summed E-state index contributed by atoms with van der Waals surface area (Å²) in [5, 5.41) is 22.8. The summed E-state index contributed by atoms with van der Waals surface area (Å²) in [6, 6.07) is 1.54. The Morgan fingerprint density at radius 1 is 1.07 bits per heavy atom. The molecule has 4 N–H and O–H groups in total. The number of ketones is 4. The van der Waals surface area contributed by atoms with Gasteiger partial charge in [-0.3, -0.25) is 33.7 Å². The molecule has 8 atom stereocenters. The molecule has 1 aromatic carbocycles. The zero-order chi connectivity index (χ0) is 30.1. The fourth-order valence-corrected chi connectivity index (χ4v) is 8.64. The van der Waals surface area contributed by atoms with E-state index in [1.165, 1.54) is 25.1 Å². The lowest BCUT2D eigenvalue weighted by molar-refractivity contribution is -0.207. The number of carbonyl (C=O) groups excluding carboxylic acids is 6. The number of hydrogen-bond donors (Lipinski definition) is 3. The number of Topliss-reactive ketones (excluding diaryl/α,β-unsaturated/α-hetero) is 4. The molecule has 12 heteroatoms. The average Bonchev–Trinajstić information content (AvgIpc) is 2.91. The van der Waals surface area contributed by atoms with Crippen LogP contribution in [0.1, 0.15) is 60.9 Å². The van der Waals surface area contributed by atoms with Crippen molar-refractivity contribution in [2.75, 3.05) is 14.1 Å². The van der Waals surface area contributed by atoms with Crippen molar-refractivity contribution in [2.45, 2.75) is 62.7 Å². The van der Waals surface area contributed by atoms with E-state index < -0.39 is 88.3 Å². The van der Waals surface area contributed by atoms with Crippen LogP contribution in [0.3, 0.4) is 0 Å². The number of rotatable bonds is 4. The quantitative estimate of drug-likeness (QED) is 0.237. The van der Waals surface area contributed by atoms with E-state index >= 15 is 0 Å². The molecule has 0 heterocycles. The van der Waals surface area contributed by atoms with Gasteiger partial charge in [-0.25, -0.2) is 0 Å². The number of benzene rings is 1. The summed E-state index contributed by atoms with van der Waals surface area (Å²) in [4.78, 5) is 83.0. The molecule has 1 aromatic rings. The number of likely N-dealkylation sites (N-methyl/N-ethyl adjacent to an activating group) is 1. The molecule has 41 heavy (non-hydrogen) atoms. The van der Waals surface area contributed by atoms with Crippen molar-refractivity contribution in [3.8, 4) is 5.75 Å². The van der Waals surface area contributed by atoms with Crippen LogP contribution in [0.25, 0.3) is 0 Å². The molecule has 220 valence electrons. The number of esters is 1. The molecule has 0 aromatic heterocycles. The lowest BCUT2D eigenvalue weighted by Gasteiger charge is -2.56. The molecule has 0 saturated heterocycles. The lowest BCUT2D eigenvalue weighted by atomic mass is 9.49. The topological polar surface area (TPSA) is 181 Å². The molecule has 3 saturated carbocycles. The Morgan fingerprint density at radius 2 is 1.71 bits per heavy atom. The number of amides is 1. The lowest BCUT2D eigenvalue weighted by Crippen LogP contribution is -2.78. The Balaban J connectivity index is 1.75. The van der Waals surface area contributed by atoms with E-state index in [0.717, 1.165) is 19.3 Å². The number of fused-ring (bicyclic) bond motifs is 3. The van der Waals surface area contributed by atoms with Crippen LogP contribution in [0, 0.1) is 33.2 Å². The molecule has 3 fully saturated rings. The second kappa shape index (κ2) is 10.5. The largest absolute Gasteiger partial charge is 0.507 e. The number of ether oxygens (including phenoxy) is 1. The minimum Gasteiger partial charge on any atom is -0.507 e. The van der Waals surface area contributed by atoms with Gasteiger partial charge < -0.3 is 20.7 Å². The Labute approximate surface area is 250 Å². The zero-order valence-corrected chi connectivity index (χ0v) is 25.1. The fourth-order valence-electron chi connectivity index (χ4n) is 7.70. The van der Waals surface area contributed by atoms with Gasteiger partial charge in [0.25, 0.3) is 0 Å². The minimum absolute atomic E-state index is 0.103. The van der Waals surface area contributed by atoms with E-state index in [1.807, 2.05) is 22.6 Å². The Bertz CT molecular complexity index is 1370. The number of aromatic hydroxyl groups is 1. The number of nitrogens with two attached hydrogens (primary N) is 1. The summed E-state index contributed by atoms with van der Waals surface area (Å²) in [5.74, 6) is -14.2. The summed E-state index contributed by atoms with van der Waals surface area (Å²) in [6.45, 7) is 1.73. The SMILES string of the molecule is C[C@H]1c2c(I)ccc(O)c2C(=O)C2C(=O)[C@]3(O)C(=O)C(C(N)=O)C(=O)[C@@H](N(C)C)[C@@H]3[C@@H](OC(=O)C3CCCCC3)[C@@H]21. The first kappa shape index (κ1) is 29.8. The highest BCUT2D eigenvalue weighted by atomic mass is 127. The smallest absolute Gasteiger partial charge is 0.309 e. The molecule has 0 aliphatic heterocycles. The van der Waals surface area contributed by atoms with Gasteiger partial charge in [0.1, 0.15) is 11.9 Å². The molecule has 4 aliphatic carbocycles. The molecule has 2 unspecified atom stereocenters. The number of aliphatic hydroxyl groups is 1. The Hall–Kier alpha value is -2.71. The maximum Gasteiger partial charge on any atom is 0.309 e. The average molecular weight is 680 g/mol. The van der Waals surface area contributed by atoms with Crippen LogP contribution in [0.4, 0.5) is 0 Å². The monoisotopic (exact) mass is 680 g/mol. The summed E-state index contributed by atoms with van der Waals surface area (Å²) < 4.78 is 6.78. The first-order valence-corrected chi connectivity index (χ1v) is 14.9. The highest BCUT2D eigenvalue weighted by Gasteiger charge is 2.74. The first-order valence-electron chi connectivity index (χ1n) is 13.8. The van der Waals surface area contributed by atoms with Crippen LogP contribution >= 0.6 is 22.6 Å². The second-order valence-corrected chi connectivity index (χ2v) is 13.1. The van der Waals surface area contributed by atoms with E-state index in [-0.39, 0.29) is 11.3 Å². The van der Waals surface area contributed by atoms with Gasteiger partial charge >= 0.3 is 5.97 Å². The number of nitrogens with zero attached hydrogens (tertiary/aromatic N) is 1. The van der Waals surface area contributed by atoms with E-state index in [0.29, 0.717) is 22.0 Å². The van der Waals surface area contributed by atoms with Gasteiger partial charge in [-0.2, -0.15) is 0 Å². The van der Waals surface area contributed by atoms with Crippen molar-refractivity contribution in [3.63, 3.8) is 0 Å². The summed E-state index contributed by atoms with van der Waals surface area (Å²) >= 11 is 2.02. The van der Waals surface area contributed by atoms with Crippen LogP contribution in [0.5, 0.6) is 5.75 Å². The molecule has 5 rings (SSSR count). The van der Waals surface area contributed by atoms with Crippen LogP contribution in [-0.4, -0.2) is 82.0 Å². The zero-order valence-electron chi connectivity index (χ0n) is 23.0. The van der Waals surface area contributed by atoms with Gasteiger partial charge in [-0.05, 0) is 73.1 Å². The van der Waals surface area contributed by atoms with E-state index in [9.17, 15) is 39.0 Å². The normalized spacial score (nSPS) is 35.5. The standard InChI is InChI=1S/C29H33IN2O9/c1-11-15-13(30)9-10-14(33)17(15)22(34)18-16(11)24(41-28(39)12-7-5-4-6-8-12)20-21(32(2)3)23(35)19(27(31)38)26(37)29(20,40)25(18)36/h9-12,16,18-21,24,33,40H,4-8H2,1-3H3,(H2,31,38)/t11-,16+,18?,19?,20+,21-,24-,29-/m0/s1. The molecular formula is C29H33IN2O9. The van der Waals surface area contributed by atoms with Crippen molar-refractivity contribution >= 4 is 57.6 Å². The van der Waals surface area contributed by atoms with Gasteiger partial charge in [-0.1, -0.05) is 26.2 Å². The van der Waals surface area contributed by atoms with Crippen LogP contribution < -0.4 is 5.73 Å². The van der Waals surface area contributed by atoms with Gasteiger partial charge in [-0.15, -0.1) is 0 Å². The first-order chi connectivity index (χ1) is 19.2. The summed E-state index contributed by atoms with van der Waals surface area (Å²) in [7, 11) is 2.97. The van der Waals surface area contributed by atoms with Gasteiger partial charge in [0.05, 0.1) is 29.4 Å². The van der Waals surface area contributed by atoms with Gasteiger partial charge in [0.2, 0.25) is 5.91 Å². The predicted molar refractivity (Wildman–Crippen MR) is 151 cm³/mol. The molecular weight excluding hydrogens is 647 g/mol. The van der Waals surface area contributed by atoms with Crippen LogP contribution in [0.15, 0.2) is 12.1 Å². The van der Waals surface area contributed by atoms with E-state index in [1.54, 1.807) is 13.0 Å². The van der Waals surface area contributed by atoms with Crippen molar-refractivity contribution in [1.29, 1.82) is 0 Å². The molecule has 0 radical (unpaired) electrons. The van der Waals surface area contributed by atoms with Gasteiger partial charge in [0.15, 0.2) is 34.7 Å². The highest BCUT2D eigenvalue weighted by Crippen LogP contribution is 2.56. The third-order valence-corrected chi connectivity index (χ3v) is 10.5. The van der Waals surface area contributed by atoms with Crippen molar-refractivity contribution in [1.82, 2.24) is 4.90 Å². The predicted octanol–water partition coefficient (Wildman–Crippen LogP) is 1.13. The number of phenols is 1. The molecule has 11 nitrogen and oxygen atoms in total. The van der Waals surface area contributed by atoms with Crippen LogP contribution in [-0.2, 0) is 28.7 Å². The molecule has 1 amide bonds. The number of primary amides is 1. The minimum atomic E-state index is -3.02. The van der Waals surface area contributed by atoms with Gasteiger partial charge in [0, 0.05) is 9.49 Å². The highest BCUT2D eigenvalue weighted by molar-refractivity contribution is 14.1. The number of phenolic OH excluding ortho intramolecular Hbond substituents is 1. The molecule has 0 bridgehead atoms. The molecule has 0 spiro atoms. The summed E-state index contributed by atoms with van der Waals surface area (Å²) in [5.41, 5.74) is 2.75. The third kappa shape index (κ3) is 4.27. The number of hydrogen-bond acceptors (Lipinski definition) is 10. The van der Waals surface area contributed by atoms with Crippen molar-refractivity contribution in [2.24, 2.45) is 35.3 Å². The molecule has 4 aliphatic rings. The van der Waals surface area contributed by atoms with E-state index in [4.69, 9.17) is 10.5 Å². The third-order valence-electron chi connectivity index (χ3n) is 9.58. The van der Waals surface area contributed by atoms with Crippen LogP contribution in [0.2, 0.25) is 0 Å². The van der Waals surface area contributed by atoms with Crippen molar-refractivity contribution in [3.05, 3.63) is 26.8 Å². The maximum absolute atomic E-state index is 14.3. The van der Waals surface area contributed by atoms with Crippen molar-refractivity contribution < 1.29 is 43.7 Å². The Kier molecular flexibility index (Phi) is 7.65. The number of carbonyl (C=O) groups is 6. The van der Waals surface area contributed by atoms with E-state index in [2.05, 4.69) is 0 Å². The second-order valence-electron chi connectivity index (χ2n) is 12.0. The Morgan fingerprint density at radius 3 is 2.29 bits per heavy atom. The summed E-state index contributed by atoms with van der Waals surface area (Å²) in [6.07, 6.45) is 2.35. The fraction of sp³-hybridized carbons (Fsp3) is 0.586. The number of halogens is 1.